The molecule has 0 bridgehead atoms. The molecule has 2 N–H and O–H groups in total. The molecule has 10 heteroatoms. The summed E-state index contributed by atoms with van der Waals surface area (Å²) in [5.41, 5.74) is 0.269. The van der Waals surface area contributed by atoms with Crippen LogP contribution < -0.4 is 5.32 Å². The molecule has 2 amide bonds. The SMILES string of the molecule is O=C(NC[C@@H](CO)Cc1ccc(C(F)(F)F)cc1)N1CCO[C@H](c2ccc(F)c(F)c2)C1. The minimum absolute atomic E-state index is 0.115. The normalized spacial score (nSPS) is 17.8. The molecule has 0 radical (unpaired) electrons. The molecule has 174 valence electrons. The van der Waals surface area contributed by atoms with Crippen molar-refractivity contribution in [1.29, 1.82) is 0 Å². The minimum Gasteiger partial charge on any atom is -0.396 e. The molecule has 1 saturated heterocycles. The van der Waals surface area contributed by atoms with Gasteiger partial charge in [-0.15, -0.1) is 0 Å². The van der Waals surface area contributed by atoms with Crippen LogP contribution in [0, 0.1) is 17.6 Å². The van der Waals surface area contributed by atoms with Crippen molar-refractivity contribution in [3.8, 4) is 0 Å². The van der Waals surface area contributed by atoms with Crippen LogP contribution in [-0.2, 0) is 17.3 Å². The summed E-state index contributed by atoms with van der Waals surface area (Å²) in [6.07, 6.45) is -4.74. The van der Waals surface area contributed by atoms with Gasteiger partial charge in [-0.3, -0.25) is 0 Å². The summed E-state index contributed by atoms with van der Waals surface area (Å²) >= 11 is 0. The van der Waals surface area contributed by atoms with E-state index in [9.17, 15) is 31.9 Å². The van der Waals surface area contributed by atoms with Crippen LogP contribution in [0.5, 0.6) is 0 Å². The van der Waals surface area contributed by atoms with E-state index in [1.54, 1.807) is 0 Å². The maximum absolute atomic E-state index is 13.5. The molecular weight excluding hydrogens is 435 g/mol. The Morgan fingerprint density at radius 1 is 1.16 bits per heavy atom. The lowest BCUT2D eigenvalue weighted by Gasteiger charge is -2.33. The number of carbonyl (C=O) groups is 1. The van der Waals surface area contributed by atoms with E-state index in [2.05, 4.69) is 5.32 Å². The number of halogens is 5. The van der Waals surface area contributed by atoms with Gasteiger partial charge in [-0.2, -0.15) is 13.2 Å². The zero-order valence-electron chi connectivity index (χ0n) is 17.0. The molecule has 0 spiro atoms. The van der Waals surface area contributed by atoms with Gasteiger partial charge in [-0.25, -0.2) is 13.6 Å². The molecule has 0 unspecified atom stereocenters. The first-order chi connectivity index (χ1) is 15.2. The summed E-state index contributed by atoms with van der Waals surface area (Å²) in [7, 11) is 0. The average molecular weight is 458 g/mol. The van der Waals surface area contributed by atoms with Crippen LogP contribution in [0.3, 0.4) is 0 Å². The lowest BCUT2D eigenvalue weighted by atomic mass is 9.99. The molecule has 1 aliphatic heterocycles. The van der Waals surface area contributed by atoms with Gasteiger partial charge in [0.05, 0.1) is 18.7 Å². The van der Waals surface area contributed by atoms with E-state index >= 15 is 0 Å². The number of amides is 2. The number of aliphatic hydroxyl groups excluding tert-OH is 1. The smallest absolute Gasteiger partial charge is 0.396 e. The zero-order chi connectivity index (χ0) is 23.3. The first-order valence-electron chi connectivity index (χ1n) is 10.0. The number of morpholine rings is 1. The van der Waals surface area contributed by atoms with Crippen LogP contribution >= 0.6 is 0 Å². The van der Waals surface area contributed by atoms with Gasteiger partial charge < -0.3 is 20.1 Å². The number of aliphatic hydroxyl groups is 1. The highest BCUT2D eigenvalue weighted by Gasteiger charge is 2.30. The Labute approximate surface area is 181 Å². The summed E-state index contributed by atoms with van der Waals surface area (Å²) in [5, 5.41) is 12.3. The fraction of sp³-hybridized carbons (Fsp3) is 0.409. The van der Waals surface area contributed by atoms with Crippen molar-refractivity contribution in [2.45, 2.75) is 18.7 Å². The number of urea groups is 1. The van der Waals surface area contributed by atoms with Gasteiger partial charge >= 0.3 is 12.2 Å². The molecule has 1 fully saturated rings. The van der Waals surface area contributed by atoms with E-state index in [0.29, 0.717) is 17.7 Å². The molecule has 1 aliphatic rings. The summed E-state index contributed by atoms with van der Waals surface area (Å²) in [5.74, 6) is -2.36. The fourth-order valence-electron chi connectivity index (χ4n) is 3.46. The van der Waals surface area contributed by atoms with Crippen molar-refractivity contribution < 1.29 is 36.6 Å². The van der Waals surface area contributed by atoms with Gasteiger partial charge in [0.25, 0.3) is 0 Å². The van der Waals surface area contributed by atoms with E-state index < -0.39 is 41.4 Å². The standard InChI is InChI=1S/C22H23F5N2O3/c23-18-6-3-16(10-19(18)24)20-12-29(7-8-32-20)21(31)28-11-15(13-30)9-14-1-4-17(5-2-14)22(25,26)27/h1-6,10,15,20,30H,7-9,11-13H2,(H,28,31)/t15-,20-/m0/s1. The number of ether oxygens (including phenoxy) is 1. The van der Waals surface area contributed by atoms with Crippen LogP contribution in [0.4, 0.5) is 26.7 Å². The van der Waals surface area contributed by atoms with E-state index in [0.717, 1.165) is 24.3 Å². The Morgan fingerprint density at radius 2 is 1.88 bits per heavy atom. The highest BCUT2D eigenvalue weighted by molar-refractivity contribution is 5.74. The van der Waals surface area contributed by atoms with Gasteiger partial charge in [0, 0.05) is 25.6 Å². The molecule has 0 aliphatic carbocycles. The van der Waals surface area contributed by atoms with Crippen LogP contribution in [-0.4, -0.2) is 48.9 Å². The van der Waals surface area contributed by atoms with Gasteiger partial charge in [-0.1, -0.05) is 18.2 Å². The lowest BCUT2D eigenvalue weighted by Crippen LogP contribution is -2.48. The number of hydrogen-bond acceptors (Lipinski definition) is 3. The highest BCUT2D eigenvalue weighted by Crippen LogP contribution is 2.29. The van der Waals surface area contributed by atoms with E-state index in [1.165, 1.54) is 23.1 Å². The van der Waals surface area contributed by atoms with E-state index in [1.807, 2.05) is 0 Å². The third kappa shape index (κ3) is 6.17. The van der Waals surface area contributed by atoms with Crippen molar-refractivity contribution in [2.24, 2.45) is 5.92 Å². The van der Waals surface area contributed by atoms with Gasteiger partial charge in [0.15, 0.2) is 11.6 Å². The van der Waals surface area contributed by atoms with Crippen molar-refractivity contribution in [2.75, 3.05) is 32.8 Å². The van der Waals surface area contributed by atoms with Crippen molar-refractivity contribution in [3.63, 3.8) is 0 Å². The molecule has 2 atom stereocenters. The fourth-order valence-corrected chi connectivity index (χ4v) is 3.46. The van der Waals surface area contributed by atoms with Crippen molar-refractivity contribution in [3.05, 3.63) is 70.8 Å². The molecule has 32 heavy (non-hydrogen) atoms. The third-order valence-corrected chi connectivity index (χ3v) is 5.27. The van der Waals surface area contributed by atoms with E-state index in [4.69, 9.17) is 4.74 Å². The van der Waals surface area contributed by atoms with Crippen LogP contribution in [0.2, 0.25) is 0 Å². The molecule has 1 heterocycles. The van der Waals surface area contributed by atoms with E-state index in [-0.39, 0.29) is 32.7 Å². The molecule has 2 aromatic rings. The lowest BCUT2D eigenvalue weighted by molar-refractivity contribution is -0.137. The predicted molar refractivity (Wildman–Crippen MR) is 106 cm³/mol. The molecule has 0 saturated carbocycles. The number of hydrogen-bond donors (Lipinski definition) is 2. The van der Waals surface area contributed by atoms with Crippen molar-refractivity contribution in [1.82, 2.24) is 10.2 Å². The number of benzene rings is 2. The Morgan fingerprint density at radius 3 is 2.50 bits per heavy atom. The molecule has 0 aromatic heterocycles. The molecular formula is C22H23F5N2O3. The Balaban J connectivity index is 1.53. The number of carbonyl (C=O) groups excluding carboxylic acids is 1. The predicted octanol–water partition coefficient (Wildman–Crippen LogP) is 3.92. The highest BCUT2D eigenvalue weighted by atomic mass is 19.4. The molecule has 2 aromatic carbocycles. The first-order valence-corrected chi connectivity index (χ1v) is 10.0. The van der Waals surface area contributed by atoms with Crippen LogP contribution in [0.15, 0.2) is 42.5 Å². The monoisotopic (exact) mass is 458 g/mol. The second-order valence-corrected chi connectivity index (χ2v) is 7.61. The third-order valence-electron chi connectivity index (χ3n) is 5.27. The average Bonchev–Trinajstić information content (AvgIpc) is 2.78. The van der Waals surface area contributed by atoms with Gasteiger partial charge in [0.2, 0.25) is 0 Å². The summed E-state index contributed by atoms with van der Waals surface area (Å²) in [6.45, 7) is 0.506. The van der Waals surface area contributed by atoms with Gasteiger partial charge in [0.1, 0.15) is 6.10 Å². The Bertz CT molecular complexity index is 921. The Kier molecular flexibility index (Phi) is 7.68. The second kappa shape index (κ2) is 10.3. The Hall–Kier alpha value is -2.72. The minimum atomic E-state index is -4.42. The number of nitrogens with zero attached hydrogens (tertiary/aromatic N) is 1. The summed E-state index contributed by atoms with van der Waals surface area (Å²) in [4.78, 5) is 14.0. The first kappa shape index (κ1) is 23.9. The summed E-state index contributed by atoms with van der Waals surface area (Å²) in [6, 6.07) is 7.68. The zero-order valence-corrected chi connectivity index (χ0v) is 17.0. The summed E-state index contributed by atoms with van der Waals surface area (Å²) < 4.78 is 70.2. The topological polar surface area (TPSA) is 61.8 Å². The largest absolute Gasteiger partial charge is 0.416 e. The quantitative estimate of drug-likeness (QED) is 0.646. The number of alkyl halides is 3. The second-order valence-electron chi connectivity index (χ2n) is 7.61. The van der Waals surface area contributed by atoms with Crippen LogP contribution in [0.1, 0.15) is 22.8 Å². The van der Waals surface area contributed by atoms with Gasteiger partial charge in [-0.05, 0) is 41.8 Å². The maximum atomic E-state index is 13.5. The van der Waals surface area contributed by atoms with Crippen LogP contribution in [0.25, 0.3) is 0 Å². The van der Waals surface area contributed by atoms with Crippen molar-refractivity contribution >= 4 is 6.03 Å². The molecule has 5 nitrogen and oxygen atoms in total. The molecule has 3 rings (SSSR count). The maximum Gasteiger partial charge on any atom is 0.416 e. The number of nitrogens with one attached hydrogen (secondary N) is 1. The number of rotatable bonds is 6.